The molecule has 0 saturated heterocycles. The van der Waals surface area contributed by atoms with Crippen LogP contribution in [0.5, 0.6) is 0 Å². The zero-order valence-electron chi connectivity index (χ0n) is 17.4. The minimum absolute atomic E-state index is 0.169. The Morgan fingerprint density at radius 2 is 1.97 bits per heavy atom. The van der Waals surface area contributed by atoms with Crippen molar-refractivity contribution in [3.05, 3.63) is 46.5 Å². The first-order chi connectivity index (χ1) is 15.2. The third kappa shape index (κ3) is 3.08. The van der Waals surface area contributed by atoms with Crippen molar-refractivity contribution in [2.75, 3.05) is 6.54 Å². The van der Waals surface area contributed by atoms with E-state index in [2.05, 4.69) is 20.2 Å². The van der Waals surface area contributed by atoms with Gasteiger partial charge in [0.2, 0.25) is 0 Å². The summed E-state index contributed by atoms with van der Waals surface area (Å²) < 4.78 is 43.1. The Hall–Kier alpha value is -3.28. The van der Waals surface area contributed by atoms with E-state index in [0.717, 1.165) is 16.3 Å². The van der Waals surface area contributed by atoms with Gasteiger partial charge in [0.05, 0.1) is 45.1 Å². The molecule has 32 heavy (non-hydrogen) atoms. The fraction of sp³-hybridized carbons (Fsp3) is 0.350. The fourth-order valence-corrected chi connectivity index (χ4v) is 5.03. The second-order valence-corrected chi connectivity index (χ2v) is 8.54. The van der Waals surface area contributed by atoms with Gasteiger partial charge >= 0.3 is 6.18 Å². The molecule has 0 spiro atoms. The number of fused-ring (bicyclic) bond motifs is 2. The van der Waals surface area contributed by atoms with Crippen LogP contribution in [0, 0.1) is 0 Å². The van der Waals surface area contributed by atoms with Crippen molar-refractivity contribution in [1.29, 1.82) is 0 Å². The molecule has 0 saturated carbocycles. The first-order valence-corrected chi connectivity index (χ1v) is 10.7. The number of thiazole rings is 1. The summed E-state index contributed by atoms with van der Waals surface area (Å²) in [5.74, 6) is -0.169. The monoisotopic (exact) mass is 461 g/mol. The molecule has 1 unspecified atom stereocenters. The van der Waals surface area contributed by atoms with E-state index in [0.29, 0.717) is 41.1 Å². The molecule has 4 aromatic rings. The predicted octanol–water partition coefficient (Wildman–Crippen LogP) is 3.60. The van der Waals surface area contributed by atoms with Crippen LogP contribution in [0.25, 0.3) is 21.6 Å². The molecule has 1 aliphatic heterocycles. The van der Waals surface area contributed by atoms with E-state index in [9.17, 15) is 18.0 Å². The van der Waals surface area contributed by atoms with Gasteiger partial charge in [-0.2, -0.15) is 23.4 Å². The summed E-state index contributed by atoms with van der Waals surface area (Å²) in [5.41, 5.74) is 4.29. The summed E-state index contributed by atoms with van der Waals surface area (Å²) in [6.45, 7) is 2.28. The van der Waals surface area contributed by atoms with Gasteiger partial charge in [-0.1, -0.05) is 0 Å². The number of hydrogen-bond acceptors (Lipinski definition) is 6. The quantitative estimate of drug-likeness (QED) is 0.456. The fourth-order valence-electron chi connectivity index (χ4n) is 4.27. The highest BCUT2D eigenvalue weighted by molar-refractivity contribution is 7.17. The number of aromatic nitrogens is 6. The molecule has 1 amide bonds. The zero-order chi connectivity index (χ0) is 22.8. The Labute approximate surface area is 184 Å². The van der Waals surface area contributed by atoms with Crippen LogP contribution in [0.2, 0.25) is 0 Å². The molecule has 12 heteroatoms. The number of rotatable bonds is 2. The normalized spacial score (nSPS) is 16.6. The third-order valence-electron chi connectivity index (χ3n) is 5.79. The first kappa shape index (κ1) is 20.6. The maximum atomic E-state index is 13.4. The molecular formula is C20H18F3N7OS. The topological polar surface area (TPSA) is 81.7 Å². The van der Waals surface area contributed by atoms with Crippen molar-refractivity contribution in [2.45, 2.75) is 25.6 Å². The van der Waals surface area contributed by atoms with Crippen LogP contribution in [0.15, 0.2) is 24.0 Å². The van der Waals surface area contributed by atoms with Crippen molar-refractivity contribution < 1.29 is 18.0 Å². The van der Waals surface area contributed by atoms with Gasteiger partial charge in [-0.3, -0.25) is 19.1 Å². The lowest BCUT2D eigenvalue weighted by Gasteiger charge is -2.33. The first-order valence-electron chi connectivity index (χ1n) is 9.82. The van der Waals surface area contributed by atoms with Crippen LogP contribution >= 0.6 is 11.3 Å². The Morgan fingerprint density at radius 1 is 1.19 bits per heavy atom. The Kier molecular flexibility index (Phi) is 4.59. The molecule has 1 atom stereocenters. The smallest absolute Gasteiger partial charge is 0.330 e. The lowest BCUT2D eigenvalue weighted by molar-refractivity contribution is -0.141. The molecule has 0 bridgehead atoms. The van der Waals surface area contributed by atoms with Gasteiger partial charge < -0.3 is 4.90 Å². The molecule has 0 aliphatic carbocycles. The predicted molar refractivity (Wildman–Crippen MR) is 111 cm³/mol. The highest BCUT2D eigenvalue weighted by Crippen LogP contribution is 2.38. The highest BCUT2D eigenvalue weighted by Gasteiger charge is 2.38. The highest BCUT2D eigenvalue weighted by atomic mass is 32.1. The third-order valence-corrected chi connectivity index (χ3v) is 6.66. The molecular weight excluding hydrogens is 443 g/mol. The number of pyridine rings is 1. The molecule has 4 aromatic heterocycles. The number of hydrogen-bond donors (Lipinski definition) is 0. The second kappa shape index (κ2) is 7.12. The number of carbonyl (C=O) groups excluding carboxylic acids is 1. The van der Waals surface area contributed by atoms with E-state index in [-0.39, 0.29) is 11.9 Å². The summed E-state index contributed by atoms with van der Waals surface area (Å²) in [5, 5.41) is 8.20. The summed E-state index contributed by atoms with van der Waals surface area (Å²) in [4.78, 5) is 23.4. The van der Waals surface area contributed by atoms with Gasteiger partial charge in [-0.25, -0.2) is 4.98 Å². The second-order valence-electron chi connectivity index (χ2n) is 7.68. The van der Waals surface area contributed by atoms with E-state index in [1.54, 1.807) is 34.5 Å². The molecule has 0 aromatic carbocycles. The number of halogens is 3. The summed E-state index contributed by atoms with van der Waals surface area (Å²) >= 11 is 1.38. The lowest BCUT2D eigenvalue weighted by atomic mass is 9.96. The van der Waals surface area contributed by atoms with Gasteiger partial charge in [-0.05, 0) is 19.4 Å². The van der Waals surface area contributed by atoms with E-state index >= 15 is 0 Å². The van der Waals surface area contributed by atoms with Crippen molar-refractivity contribution in [2.24, 2.45) is 14.1 Å². The standard InChI is InChI=1S/C20H18F3N7OS/c1-10-16-11(17(29(3)27-16)14-6-15(20(21,22)23)26-28(14)2)4-5-30(10)19(31)12-7-24-8-13-18(12)32-9-25-13/h6-10H,4-5H2,1-3H3. The van der Waals surface area contributed by atoms with Gasteiger partial charge in [0.25, 0.3) is 5.91 Å². The van der Waals surface area contributed by atoms with Crippen molar-refractivity contribution >= 4 is 27.5 Å². The van der Waals surface area contributed by atoms with Crippen LogP contribution in [0.4, 0.5) is 13.2 Å². The Balaban J connectivity index is 1.53. The molecule has 1 aliphatic rings. The molecule has 5 heterocycles. The van der Waals surface area contributed by atoms with E-state index in [4.69, 9.17) is 0 Å². The van der Waals surface area contributed by atoms with Crippen molar-refractivity contribution in [1.82, 2.24) is 34.4 Å². The SMILES string of the molecule is CC1c2nn(C)c(-c3cc(C(F)(F)F)nn3C)c2CCN1C(=O)c1cncc2ncsc12. The van der Waals surface area contributed by atoms with E-state index < -0.39 is 11.9 Å². The van der Waals surface area contributed by atoms with Gasteiger partial charge in [0.15, 0.2) is 5.69 Å². The number of amides is 1. The number of carbonyl (C=O) groups is 1. The molecule has 166 valence electrons. The average Bonchev–Trinajstić information content (AvgIpc) is 3.44. The Bertz CT molecular complexity index is 1350. The minimum Gasteiger partial charge on any atom is -0.330 e. The van der Waals surface area contributed by atoms with Gasteiger partial charge in [0.1, 0.15) is 5.52 Å². The van der Waals surface area contributed by atoms with Crippen LogP contribution < -0.4 is 0 Å². The van der Waals surface area contributed by atoms with Crippen molar-refractivity contribution in [3.8, 4) is 11.4 Å². The zero-order valence-corrected chi connectivity index (χ0v) is 18.2. The van der Waals surface area contributed by atoms with Gasteiger partial charge in [0, 0.05) is 32.4 Å². The van der Waals surface area contributed by atoms with Gasteiger partial charge in [-0.15, -0.1) is 11.3 Å². The van der Waals surface area contributed by atoms with E-state index in [1.165, 1.54) is 23.1 Å². The van der Waals surface area contributed by atoms with Crippen molar-refractivity contribution in [3.63, 3.8) is 0 Å². The maximum Gasteiger partial charge on any atom is 0.435 e. The average molecular weight is 461 g/mol. The minimum atomic E-state index is -4.53. The van der Waals surface area contributed by atoms with E-state index in [1.807, 2.05) is 6.92 Å². The molecule has 0 radical (unpaired) electrons. The number of nitrogens with zero attached hydrogens (tertiary/aromatic N) is 7. The summed E-state index contributed by atoms with van der Waals surface area (Å²) in [6, 6.07) is 0.681. The largest absolute Gasteiger partial charge is 0.435 e. The molecule has 0 fully saturated rings. The molecule has 5 rings (SSSR count). The molecule has 0 N–H and O–H groups in total. The lowest BCUT2D eigenvalue weighted by Crippen LogP contribution is -2.39. The summed E-state index contributed by atoms with van der Waals surface area (Å²) in [7, 11) is 3.17. The van der Waals surface area contributed by atoms with Crippen LogP contribution in [0.3, 0.4) is 0 Å². The molecule has 8 nitrogen and oxygen atoms in total. The number of alkyl halides is 3. The Morgan fingerprint density at radius 3 is 2.69 bits per heavy atom. The number of aryl methyl sites for hydroxylation is 2. The maximum absolute atomic E-state index is 13.4. The summed E-state index contributed by atoms with van der Waals surface area (Å²) in [6.07, 6.45) is -0.901. The van der Waals surface area contributed by atoms with Crippen LogP contribution in [-0.4, -0.2) is 46.9 Å². The van der Waals surface area contributed by atoms with Crippen LogP contribution in [0.1, 0.15) is 40.3 Å². The van der Waals surface area contributed by atoms with Crippen LogP contribution in [-0.2, 0) is 26.7 Å².